The number of aromatic nitrogens is 2. The van der Waals surface area contributed by atoms with Crippen LogP contribution in [0.2, 0.25) is 0 Å². The standard InChI is InChI=1S/C25H28N4O4S/c1-24(2)25(3,21-11-7-10-19(14-21)20-15-26-17-27-16-20)34(31,32)29-23(33-24)28-22(12-13-30)18-8-5-4-6-9-18/h4-11,14-17,22,30H,12-13H2,1-3H3,(H,28,29)/t22-,25?/m0/s1. The molecule has 1 aromatic heterocycles. The second-order valence-electron chi connectivity index (χ2n) is 8.84. The lowest BCUT2D eigenvalue weighted by molar-refractivity contribution is 0.0393. The molecule has 34 heavy (non-hydrogen) atoms. The van der Waals surface area contributed by atoms with Crippen LogP contribution in [-0.4, -0.2) is 41.7 Å². The number of benzene rings is 2. The number of aliphatic hydroxyl groups is 1. The Bertz CT molecular complexity index is 1280. The smallest absolute Gasteiger partial charge is 0.301 e. The third kappa shape index (κ3) is 4.28. The monoisotopic (exact) mass is 480 g/mol. The van der Waals surface area contributed by atoms with E-state index >= 15 is 0 Å². The van der Waals surface area contributed by atoms with Crippen molar-refractivity contribution >= 4 is 16.0 Å². The SMILES string of the molecule is CC1(C)OC(N[C@@H](CCO)c2ccccc2)=NS(=O)(=O)C1(C)c1cccc(-c2cncnc2)c1. The summed E-state index contributed by atoms with van der Waals surface area (Å²) in [5, 5.41) is 12.6. The number of rotatable bonds is 6. The van der Waals surface area contributed by atoms with Gasteiger partial charge in [-0.2, -0.15) is 0 Å². The highest BCUT2D eigenvalue weighted by Gasteiger charge is 2.58. The highest BCUT2D eigenvalue weighted by atomic mass is 32.2. The van der Waals surface area contributed by atoms with Gasteiger partial charge in [-0.3, -0.25) is 0 Å². The Kier molecular flexibility index (Phi) is 6.42. The van der Waals surface area contributed by atoms with Gasteiger partial charge in [0.2, 0.25) is 0 Å². The van der Waals surface area contributed by atoms with Crippen molar-refractivity contribution < 1.29 is 18.3 Å². The lowest BCUT2D eigenvalue weighted by Gasteiger charge is -2.45. The van der Waals surface area contributed by atoms with Gasteiger partial charge in [0.25, 0.3) is 10.0 Å². The van der Waals surface area contributed by atoms with Gasteiger partial charge >= 0.3 is 6.02 Å². The topological polar surface area (TPSA) is 114 Å². The zero-order chi connectivity index (χ0) is 24.4. The van der Waals surface area contributed by atoms with Crippen LogP contribution in [0.4, 0.5) is 0 Å². The normalized spacial score (nSPS) is 21.7. The number of sulfonamides is 1. The summed E-state index contributed by atoms with van der Waals surface area (Å²) in [5.41, 5.74) is 1.86. The van der Waals surface area contributed by atoms with Gasteiger partial charge < -0.3 is 15.2 Å². The molecule has 1 aliphatic rings. The lowest BCUT2D eigenvalue weighted by atomic mass is 9.84. The average Bonchev–Trinajstić information content (AvgIpc) is 2.83. The molecular weight excluding hydrogens is 452 g/mol. The fourth-order valence-corrected chi connectivity index (χ4v) is 5.73. The Morgan fingerprint density at radius 2 is 1.71 bits per heavy atom. The van der Waals surface area contributed by atoms with Gasteiger partial charge in [-0.05, 0) is 49.9 Å². The number of hydrogen-bond acceptors (Lipinski definition) is 7. The zero-order valence-corrected chi connectivity index (χ0v) is 20.2. The molecule has 9 heteroatoms. The van der Waals surface area contributed by atoms with E-state index in [0.29, 0.717) is 12.0 Å². The van der Waals surface area contributed by atoms with Crippen molar-refractivity contribution in [3.63, 3.8) is 0 Å². The fraction of sp³-hybridized carbons (Fsp3) is 0.320. The van der Waals surface area contributed by atoms with E-state index in [1.807, 2.05) is 42.5 Å². The summed E-state index contributed by atoms with van der Waals surface area (Å²) < 4.78 is 36.1. The second-order valence-corrected chi connectivity index (χ2v) is 10.8. The third-order valence-electron chi connectivity index (χ3n) is 6.44. The highest BCUT2D eigenvalue weighted by Crippen LogP contribution is 2.46. The molecular formula is C25H28N4O4S. The molecule has 0 bridgehead atoms. The van der Waals surface area contributed by atoms with Gasteiger partial charge in [0.05, 0.1) is 6.04 Å². The van der Waals surface area contributed by atoms with Crippen LogP contribution in [-0.2, 0) is 19.5 Å². The number of aliphatic hydroxyl groups excluding tert-OH is 1. The van der Waals surface area contributed by atoms with Gasteiger partial charge in [-0.1, -0.05) is 48.5 Å². The zero-order valence-electron chi connectivity index (χ0n) is 19.3. The number of nitrogens with zero attached hydrogens (tertiary/aromatic N) is 3. The Labute approximate surface area is 199 Å². The molecule has 0 spiro atoms. The van der Waals surface area contributed by atoms with Crippen LogP contribution in [0.5, 0.6) is 0 Å². The van der Waals surface area contributed by atoms with Crippen LogP contribution in [0.25, 0.3) is 11.1 Å². The minimum absolute atomic E-state index is 0.0797. The van der Waals surface area contributed by atoms with Gasteiger partial charge in [-0.25, -0.2) is 18.4 Å². The summed E-state index contributed by atoms with van der Waals surface area (Å²) >= 11 is 0. The summed E-state index contributed by atoms with van der Waals surface area (Å²) in [6.45, 7) is 5.03. The molecule has 0 fully saturated rings. The van der Waals surface area contributed by atoms with E-state index < -0.39 is 20.4 Å². The molecule has 2 aromatic carbocycles. The van der Waals surface area contributed by atoms with E-state index in [4.69, 9.17) is 4.74 Å². The Hall–Kier alpha value is -3.30. The molecule has 1 unspecified atom stereocenters. The van der Waals surface area contributed by atoms with Crippen LogP contribution in [0.1, 0.15) is 44.4 Å². The second kappa shape index (κ2) is 9.15. The quantitative estimate of drug-likeness (QED) is 0.554. The van der Waals surface area contributed by atoms with E-state index in [9.17, 15) is 13.5 Å². The maximum absolute atomic E-state index is 13.7. The number of amidine groups is 1. The van der Waals surface area contributed by atoms with Crippen LogP contribution in [0, 0.1) is 0 Å². The predicted molar refractivity (Wildman–Crippen MR) is 130 cm³/mol. The Morgan fingerprint density at radius 1 is 1.00 bits per heavy atom. The summed E-state index contributed by atoms with van der Waals surface area (Å²) in [5.74, 6) is 0. The first kappa shape index (κ1) is 23.8. The van der Waals surface area contributed by atoms with Crippen molar-refractivity contribution in [2.24, 2.45) is 4.40 Å². The van der Waals surface area contributed by atoms with Crippen LogP contribution in [0.3, 0.4) is 0 Å². The van der Waals surface area contributed by atoms with Crippen molar-refractivity contribution in [2.45, 2.75) is 43.6 Å². The van der Waals surface area contributed by atoms with E-state index in [1.165, 1.54) is 6.33 Å². The Morgan fingerprint density at radius 3 is 2.35 bits per heavy atom. The number of nitrogens with one attached hydrogen (secondary N) is 1. The van der Waals surface area contributed by atoms with Crippen molar-refractivity contribution in [1.82, 2.24) is 15.3 Å². The first-order chi connectivity index (χ1) is 16.2. The Balaban J connectivity index is 1.73. The van der Waals surface area contributed by atoms with Gasteiger partial charge in [0.1, 0.15) is 11.9 Å². The van der Waals surface area contributed by atoms with Gasteiger partial charge in [0, 0.05) is 24.6 Å². The van der Waals surface area contributed by atoms with Crippen LogP contribution < -0.4 is 5.32 Å². The number of hydrogen-bond donors (Lipinski definition) is 2. The molecule has 2 N–H and O–H groups in total. The first-order valence-electron chi connectivity index (χ1n) is 11.0. The molecule has 0 amide bonds. The molecule has 0 saturated carbocycles. The highest BCUT2D eigenvalue weighted by molar-refractivity contribution is 7.91. The minimum Gasteiger partial charge on any atom is -0.456 e. The minimum atomic E-state index is -4.07. The molecule has 1 aliphatic heterocycles. The van der Waals surface area contributed by atoms with Crippen molar-refractivity contribution in [3.8, 4) is 11.1 Å². The van der Waals surface area contributed by atoms with E-state index in [-0.39, 0.29) is 18.7 Å². The molecule has 4 rings (SSSR count). The maximum Gasteiger partial charge on any atom is 0.301 e. The molecule has 8 nitrogen and oxygen atoms in total. The molecule has 0 saturated heterocycles. The van der Waals surface area contributed by atoms with Gasteiger partial charge in [0.15, 0.2) is 4.75 Å². The van der Waals surface area contributed by atoms with E-state index in [1.54, 1.807) is 45.3 Å². The molecule has 178 valence electrons. The third-order valence-corrected chi connectivity index (χ3v) is 8.61. The summed E-state index contributed by atoms with van der Waals surface area (Å²) in [7, 11) is -4.07. The molecule has 0 radical (unpaired) electrons. The maximum atomic E-state index is 13.7. The largest absolute Gasteiger partial charge is 0.456 e. The first-order valence-corrected chi connectivity index (χ1v) is 12.4. The average molecular weight is 481 g/mol. The predicted octanol–water partition coefficient (Wildman–Crippen LogP) is 3.57. The fourth-order valence-electron chi connectivity index (χ4n) is 4.15. The molecule has 2 atom stereocenters. The number of ether oxygens (including phenoxy) is 1. The van der Waals surface area contributed by atoms with Crippen molar-refractivity contribution in [1.29, 1.82) is 0 Å². The van der Waals surface area contributed by atoms with Crippen molar-refractivity contribution in [3.05, 3.63) is 84.4 Å². The van der Waals surface area contributed by atoms with Gasteiger partial charge in [-0.15, -0.1) is 4.40 Å². The summed E-state index contributed by atoms with van der Waals surface area (Å²) in [6.07, 6.45) is 5.16. The van der Waals surface area contributed by atoms with E-state index in [0.717, 1.165) is 16.7 Å². The lowest BCUT2D eigenvalue weighted by Crippen LogP contribution is -2.58. The molecule has 2 heterocycles. The van der Waals surface area contributed by atoms with E-state index in [2.05, 4.69) is 19.7 Å². The van der Waals surface area contributed by atoms with Crippen LogP contribution in [0.15, 0.2) is 77.7 Å². The molecule has 3 aromatic rings. The van der Waals surface area contributed by atoms with Crippen molar-refractivity contribution in [2.75, 3.05) is 6.61 Å². The van der Waals surface area contributed by atoms with Crippen LogP contribution >= 0.6 is 0 Å². The molecule has 0 aliphatic carbocycles. The summed E-state index contributed by atoms with van der Waals surface area (Å²) in [6, 6.07) is 16.3. The summed E-state index contributed by atoms with van der Waals surface area (Å²) in [4.78, 5) is 8.11.